The largest absolute Gasteiger partial charge is 0.478 e. The van der Waals surface area contributed by atoms with Crippen LogP contribution < -0.4 is 0 Å². The van der Waals surface area contributed by atoms with E-state index in [2.05, 4.69) is 0 Å². The van der Waals surface area contributed by atoms with Crippen molar-refractivity contribution in [1.82, 2.24) is 0 Å². The van der Waals surface area contributed by atoms with Gasteiger partial charge in [-0.2, -0.15) is 0 Å². The van der Waals surface area contributed by atoms with E-state index in [0.29, 0.717) is 27.6 Å². The van der Waals surface area contributed by atoms with Gasteiger partial charge in [-0.1, -0.05) is 30.3 Å². The summed E-state index contributed by atoms with van der Waals surface area (Å²) >= 11 is 0. The van der Waals surface area contributed by atoms with Crippen molar-refractivity contribution in [3.05, 3.63) is 70.8 Å². The van der Waals surface area contributed by atoms with E-state index in [1.54, 1.807) is 30.3 Å². The van der Waals surface area contributed by atoms with E-state index < -0.39 is 11.9 Å². The highest BCUT2D eigenvalue weighted by Gasteiger charge is 2.29. The quantitative estimate of drug-likeness (QED) is 0.590. The normalized spacial score (nSPS) is 12.1. The predicted molar refractivity (Wildman–Crippen MR) is 86.7 cm³/mol. The third-order valence-corrected chi connectivity index (χ3v) is 4.33. The van der Waals surface area contributed by atoms with Crippen LogP contribution in [0.5, 0.6) is 0 Å². The second-order valence-electron chi connectivity index (χ2n) is 5.56. The Balaban J connectivity index is 2.27. The van der Waals surface area contributed by atoms with Crippen molar-refractivity contribution in [1.29, 1.82) is 0 Å². The van der Waals surface area contributed by atoms with Crippen molar-refractivity contribution in [3.8, 4) is 11.1 Å². The number of fused-ring (bicyclic) bond motifs is 2. The molecule has 3 aromatic carbocycles. The highest BCUT2D eigenvalue weighted by atomic mass is 16.4. The Morgan fingerprint density at radius 3 is 1.75 bits per heavy atom. The van der Waals surface area contributed by atoms with Crippen LogP contribution in [-0.2, 0) is 0 Å². The Hall–Kier alpha value is -3.47. The van der Waals surface area contributed by atoms with Crippen molar-refractivity contribution in [2.75, 3.05) is 0 Å². The van der Waals surface area contributed by atoms with Crippen LogP contribution >= 0.6 is 0 Å². The molecule has 1 aliphatic rings. The zero-order chi connectivity index (χ0) is 17.0. The number of ketones is 1. The fourth-order valence-electron chi connectivity index (χ4n) is 3.33. The maximum absolute atomic E-state index is 12.8. The van der Waals surface area contributed by atoms with Crippen LogP contribution in [0, 0.1) is 0 Å². The standard InChI is InChI=1S/C19H10O5/c20-17-11-4-2-1-3-9(11)10-5-7-13(18(21)22)16-14(19(23)24)8-6-12(17)15(10)16/h1-8H,(H,21,22)(H,23,24). The van der Waals surface area contributed by atoms with Crippen LogP contribution in [0.15, 0.2) is 48.5 Å². The third-order valence-electron chi connectivity index (χ3n) is 4.33. The number of aromatic carboxylic acids is 2. The van der Waals surface area contributed by atoms with Crippen molar-refractivity contribution in [2.24, 2.45) is 0 Å². The Kier molecular flexibility index (Phi) is 2.81. The first kappa shape index (κ1) is 14.1. The summed E-state index contributed by atoms with van der Waals surface area (Å²) in [5.74, 6) is -2.69. The molecule has 5 nitrogen and oxygen atoms in total. The fraction of sp³-hybridized carbons (Fsp3) is 0. The van der Waals surface area contributed by atoms with Gasteiger partial charge >= 0.3 is 11.9 Å². The number of carboxylic acids is 2. The summed E-state index contributed by atoms with van der Waals surface area (Å²) in [6.07, 6.45) is 0. The highest BCUT2D eigenvalue weighted by Crippen LogP contribution is 2.41. The van der Waals surface area contributed by atoms with Gasteiger partial charge in [-0.05, 0) is 29.3 Å². The molecule has 1 aliphatic carbocycles. The van der Waals surface area contributed by atoms with Gasteiger partial charge in [-0.3, -0.25) is 4.79 Å². The molecule has 0 fully saturated rings. The molecule has 0 heterocycles. The maximum Gasteiger partial charge on any atom is 0.336 e. The van der Waals surface area contributed by atoms with Crippen molar-refractivity contribution in [2.45, 2.75) is 0 Å². The summed E-state index contributed by atoms with van der Waals surface area (Å²) in [6, 6.07) is 12.8. The number of benzene rings is 3. The number of carbonyl (C=O) groups is 3. The van der Waals surface area contributed by atoms with Crippen molar-refractivity contribution < 1.29 is 24.6 Å². The van der Waals surface area contributed by atoms with E-state index in [-0.39, 0.29) is 22.3 Å². The lowest BCUT2D eigenvalue weighted by molar-refractivity contribution is 0.0695. The molecule has 0 spiro atoms. The van der Waals surface area contributed by atoms with Crippen LogP contribution in [0.4, 0.5) is 0 Å². The molecular formula is C19H10O5. The van der Waals surface area contributed by atoms with E-state index >= 15 is 0 Å². The minimum absolute atomic E-state index is 0.0906. The van der Waals surface area contributed by atoms with Gasteiger partial charge in [0.2, 0.25) is 0 Å². The Bertz CT molecular complexity index is 1060. The molecule has 4 rings (SSSR count). The van der Waals surface area contributed by atoms with Crippen molar-refractivity contribution in [3.63, 3.8) is 0 Å². The highest BCUT2D eigenvalue weighted by molar-refractivity contribution is 6.29. The molecule has 0 radical (unpaired) electrons. The SMILES string of the molecule is O=C(O)c1ccc2c3c(ccc(C(=O)O)c13)-c1ccccc1C2=O. The Morgan fingerprint density at radius 2 is 1.17 bits per heavy atom. The first-order valence-corrected chi connectivity index (χ1v) is 7.21. The summed E-state index contributed by atoms with van der Waals surface area (Å²) in [6.45, 7) is 0. The predicted octanol–water partition coefficient (Wildman–Crippen LogP) is 3.45. The number of carbonyl (C=O) groups excluding carboxylic acids is 1. The second kappa shape index (κ2) is 4.76. The molecule has 3 aromatic rings. The van der Waals surface area contributed by atoms with E-state index in [1.807, 2.05) is 0 Å². The van der Waals surface area contributed by atoms with Gasteiger partial charge in [0.1, 0.15) is 0 Å². The maximum atomic E-state index is 12.8. The van der Waals surface area contributed by atoms with Gasteiger partial charge in [0.25, 0.3) is 0 Å². The summed E-state index contributed by atoms with van der Waals surface area (Å²) in [4.78, 5) is 35.9. The van der Waals surface area contributed by atoms with E-state index in [9.17, 15) is 24.6 Å². The molecule has 0 amide bonds. The van der Waals surface area contributed by atoms with Gasteiger partial charge in [0.15, 0.2) is 5.78 Å². The van der Waals surface area contributed by atoms with E-state index in [1.165, 1.54) is 18.2 Å². The lowest BCUT2D eigenvalue weighted by Crippen LogP contribution is -2.13. The molecular weight excluding hydrogens is 308 g/mol. The first-order valence-electron chi connectivity index (χ1n) is 7.21. The van der Waals surface area contributed by atoms with Gasteiger partial charge in [-0.25, -0.2) is 9.59 Å². The monoisotopic (exact) mass is 318 g/mol. The lowest BCUT2D eigenvalue weighted by atomic mass is 9.80. The average Bonchev–Trinajstić information content (AvgIpc) is 2.58. The second-order valence-corrected chi connectivity index (χ2v) is 5.56. The third kappa shape index (κ3) is 1.72. The molecule has 0 unspecified atom stereocenters. The van der Waals surface area contributed by atoms with Crippen molar-refractivity contribution >= 4 is 28.5 Å². The summed E-state index contributed by atoms with van der Waals surface area (Å²) in [7, 11) is 0. The molecule has 0 saturated heterocycles. The molecule has 0 bridgehead atoms. The van der Waals surface area contributed by atoms with Crippen LogP contribution in [0.3, 0.4) is 0 Å². The lowest BCUT2D eigenvalue weighted by Gasteiger charge is -2.21. The minimum atomic E-state index is -1.23. The molecule has 0 atom stereocenters. The topological polar surface area (TPSA) is 91.7 Å². The zero-order valence-corrected chi connectivity index (χ0v) is 12.2. The summed E-state index contributed by atoms with van der Waals surface area (Å²) in [5.41, 5.74) is 1.95. The number of hydrogen-bond donors (Lipinski definition) is 2. The van der Waals surface area contributed by atoms with Gasteiger partial charge in [-0.15, -0.1) is 0 Å². The van der Waals surface area contributed by atoms with Crippen LogP contribution in [0.2, 0.25) is 0 Å². The van der Waals surface area contributed by atoms with Gasteiger partial charge in [0, 0.05) is 21.9 Å². The number of carboxylic acid groups (broad SMARTS) is 2. The van der Waals surface area contributed by atoms with Crippen LogP contribution in [0.25, 0.3) is 21.9 Å². The fourth-order valence-corrected chi connectivity index (χ4v) is 3.33. The van der Waals surface area contributed by atoms with E-state index in [4.69, 9.17) is 0 Å². The Morgan fingerprint density at radius 1 is 0.625 bits per heavy atom. The van der Waals surface area contributed by atoms with Crippen LogP contribution in [-0.4, -0.2) is 27.9 Å². The molecule has 0 aliphatic heterocycles. The molecule has 116 valence electrons. The molecule has 0 saturated carbocycles. The van der Waals surface area contributed by atoms with E-state index in [0.717, 1.165) is 0 Å². The smallest absolute Gasteiger partial charge is 0.336 e. The summed E-state index contributed by atoms with van der Waals surface area (Å²) < 4.78 is 0. The molecule has 0 aromatic heterocycles. The number of hydrogen-bond acceptors (Lipinski definition) is 3. The van der Waals surface area contributed by atoms with Gasteiger partial charge < -0.3 is 10.2 Å². The first-order chi connectivity index (χ1) is 11.5. The molecule has 2 N–H and O–H groups in total. The summed E-state index contributed by atoms with van der Waals surface area (Å²) in [5, 5.41) is 19.4. The average molecular weight is 318 g/mol. The zero-order valence-electron chi connectivity index (χ0n) is 12.2. The molecule has 24 heavy (non-hydrogen) atoms. The number of rotatable bonds is 2. The van der Waals surface area contributed by atoms with Crippen LogP contribution in [0.1, 0.15) is 36.6 Å². The minimum Gasteiger partial charge on any atom is -0.478 e. The Labute approximate surface area is 135 Å². The molecule has 5 heteroatoms. The van der Waals surface area contributed by atoms with Gasteiger partial charge in [0.05, 0.1) is 11.1 Å².